The summed E-state index contributed by atoms with van der Waals surface area (Å²) in [6, 6.07) is 0. The summed E-state index contributed by atoms with van der Waals surface area (Å²) in [5.74, 6) is -2.77. The summed E-state index contributed by atoms with van der Waals surface area (Å²) in [5.41, 5.74) is 0. The first-order chi connectivity index (χ1) is 8.81. The van der Waals surface area contributed by atoms with Gasteiger partial charge in [0.15, 0.2) is 0 Å². The number of carbonyl (C=O) groups is 4. The van der Waals surface area contributed by atoms with Gasteiger partial charge in [0.1, 0.15) is 6.42 Å². The van der Waals surface area contributed by atoms with Gasteiger partial charge in [0.2, 0.25) is 0 Å². The Labute approximate surface area is 111 Å². The molecule has 0 fully saturated rings. The second kappa shape index (κ2) is 8.06. The first-order valence-corrected chi connectivity index (χ1v) is 5.79. The number of nitrogens with zero attached hydrogens (tertiary/aromatic N) is 2. The van der Waals surface area contributed by atoms with Crippen LogP contribution in [-0.2, 0) is 28.9 Å². The molecular formula is C11H18N2O6. The van der Waals surface area contributed by atoms with Crippen LogP contribution in [0.15, 0.2) is 0 Å². The zero-order valence-corrected chi connectivity index (χ0v) is 11.5. The van der Waals surface area contributed by atoms with E-state index in [0.29, 0.717) is 0 Å². The van der Waals surface area contributed by atoms with Crippen LogP contribution < -0.4 is 0 Å². The molecule has 8 heteroatoms. The molecule has 0 saturated carbocycles. The summed E-state index contributed by atoms with van der Waals surface area (Å²) in [6.45, 7) is 6.02. The Hall–Kier alpha value is -2.12. The summed E-state index contributed by atoms with van der Waals surface area (Å²) in [6.07, 6.45) is -0.687. The van der Waals surface area contributed by atoms with Gasteiger partial charge in [-0.3, -0.25) is 9.59 Å². The Morgan fingerprint density at radius 1 is 0.789 bits per heavy atom. The Balaban J connectivity index is 4.29. The summed E-state index contributed by atoms with van der Waals surface area (Å²) < 4.78 is 0. The molecule has 19 heavy (non-hydrogen) atoms. The van der Waals surface area contributed by atoms with E-state index in [1.165, 1.54) is 13.8 Å². The summed E-state index contributed by atoms with van der Waals surface area (Å²) in [4.78, 5) is 54.0. The molecule has 108 valence electrons. The molecule has 0 aliphatic carbocycles. The molecule has 0 unspecified atom stereocenters. The maximum atomic E-state index is 11.3. The predicted octanol–water partition coefficient (Wildman–Crippen LogP) is 0.0297. The lowest BCUT2D eigenvalue weighted by Crippen LogP contribution is -2.35. The van der Waals surface area contributed by atoms with Crippen molar-refractivity contribution in [3.05, 3.63) is 0 Å². The molecule has 2 amide bonds. The van der Waals surface area contributed by atoms with E-state index >= 15 is 0 Å². The van der Waals surface area contributed by atoms with Crippen molar-refractivity contribution in [2.24, 2.45) is 0 Å². The topological polar surface area (TPSA) is 93.2 Å². The highest BCUT2D eigenvalue weighted by atomic mass is 16.7. The van der Waals surface area contributed by atoms with E-state index in [1.54, 1.807) is 13.8 Å². The Morgan fingerprint density at radius 3 is 1.32 bits per heavy atom. The van der Waals surface area contributed by atoms with Gasteiger partial charge in [0.05, 0.1) is 13.1 Å². The van der Waals surface area contributed by atoms with E-state index in [2.05, 4.69) is 9.68 Å². The third kappa shape index (κ3) is 6.39. The monoisotopic (exact) mass is 274 g/mol. The quantitative estimate of drug-likeness (QED) is 0.530. The van der Waals surface area contributed by atoms with Crippen LogP contribution in [0.3, 0.4) is 0 Å². The van der Waals surface area contributed by atoms with Crippen molar-refractivity contribution in [1.29, 1.82) is 0 Å². The molecule has 0 radical (unpaired) electrons. The van der Waals surface area contributed by atoms with Crippen LogP contribution in [0, 0.1) is 0 Å². The summed E-state index contributed by atoms with van der Waals surface area (Å²) in [5, 5.41) is 1.64. The minimum Gasteiger partial charge on any atom is -0.338 e. The minimum atomic E-state index is -0.929. The van der Waals surface area contributed by atoms with Crippen molar-refractivity contribution < 1.29 is 28.9 Å². The van der Waals surface area contributed by atoms with Gasteiger partial charge in [-0.05, 0) is 13.8 Å². The van der Waals surface area contributed by atoms with Crippen molar-refractivity contribution in [3.8, 4) is 0 Å². The zero-order chi connectivity index (χ0) is 15.0. The van der Waals surface area contributed by atoms with Crippen LogP contribution >= 0.6 is 0 Å². The van der Waals surface area contributed by atoms with Crippen LogP contribution in [0.5, 0.6) is 0 Å². The number of hydroxylamine groups is 4. The number of hydrogen-bond acceptors (Lipinski definition) is 6. The van der Waals surface area contributed by atoms with Crippen LogP contribution in [-0.4, -0.2) is 47.0 Å². The van der Waals surface area contributed by atoms with E-state index < -0.39 is 30.2 Å². The van der Waals surface area contributed by atoms with Gasteiger partial charge in [-0.1, -0.05) is 0 Å². The van der Waals surface area contributed by atoms with Gasteiger partial charge < -0.3 is 9.68 Å². The molecule has 0 saturated heterocycles. The van der Waals surface area contributed by atoms with Gasteiger partial charge in [-0.2, -0.15) is 10.1 Å². The number of carbonyl (C=O) groups excluding carboxylic acids is 4. The Morgan fingerprint density at radius 2 is 1.11 bits per heavy atom. The Bertz CT molecular complexity index is 334. The first-order valence-electron chi connectivity index (χ1n) is 5.79. The molecule has 0 aromatic carbocycles. The minimum absolute atomic E-state index is 0.171. The van der Waals surface area contributed by atoms with Crippen molar-refractivity contribution in [3.63, 3.8) is 0 Å². The summed E-state index contributed by atoms with van der Waals surface area (Å²) in [7, 11) is 0. The fourth-order valence-corrected chi connectivity index (χ4v) is 1.13. The molecule has 0 N–H and O–H groups in total. The van der Waals surface area contributed by atoms with E-state index in [9.17, 15) is 19.2 Å². The maximum Gasteiger partial charge on any atom is 0.343 e. The molecule has 8 nitrogen and oxygen atoms in total. The van der Waals surface area contributed by atoms with Crippen LogP contribution in [0.25, 0.3) is 0 Å². The van der Waals surface area contributed by atoms with Gasteiger partial charge >= 0.3 is 11.9 Å². The van der Waals surface area contributed by atoms with Gasteiger partial charge in [0, 0.05) is 13.8 Å². The van der Waals surface area contributed by atoms with Gasteiger partial charge in [-0.25, -0.2) is 9.59 Å². The van der Waals surface area contributed by atoms with Crippen LogP contribution in [0.2, 0.25) is 0 Å². The lowest BCUT2D eigenvalue weighted by Gasteiger charge is -2.19. The predicted molar refractivity (Wildman–Crippen MR) is 62.9 cm³/mol. The average molecular weight is 274 g/mol. The van der Waals surface area contributed by atoms with Crippen molar-refractivity contribution in [1.82, 2.24) is 10.1 Å². The van der Waals surface area contributed by atoms with E-state index in [4.69, 9.17) is 0 Å². The van der Waals surface area contributed by atoms with E-state index in [1.807, 2.05) is 0 Å². The number of amides is 2. The fourth-order valence-electron chi connectivity index (χ4n) is 1.13. The van der Waals surface area contributed by atoms with Crippen molar-refractivity contribution >= 4 is 23.8 Å². The molecule has 0 atom stereocenters. The highest BCUT2D eigenvalue weighted by Crippen LogP contribution is 1.99. The maximum absolute atomic E-state index is 11.3. The molecule has 0 aromatic heterocycles. The SMILES string of the molecule is CCN(OC(=O)CC(=O)ON(CC)C(C)=O)C(C)=O. The third-order valence-electron chi connectivity index (χ3n) is 1.99. The van der Waals surface area contributed by atoms with E-state index in [-0.39, 0.29) is 13.1 Å². The van der Waals surface area contributed by atoms with Crippen molar-refractivity contribution in [2.75, 3.05) is 13.1 Å². The number of hydrogen-bond donors (Lipinski definition) is 0. The van der Waals surface area contributed by atoms with E-state index in [0.717, 1.165) is 10.1 Å². The second-order valence-corrected chi connectivity index (χ2v) is 3.53. The lowest BCUT2D eigenvalue weighted by atomic mass is 10.4. The molecular weight excluding hydrogens is 256 g/mol. The highest BCUT2D eigenvalue weighted by molar-refractivity contribution is 5.92. The smallest absolute Gasteiger partial charge is 0.338 e. The highest BCUT2D eigenvalue weighted by Gasteiger charge is 2.20. The molecule has 0 aliphatic rings. The first kappa shape index (κ1) is 16.9. The fraction of sp³-hybridized carbons (Fsp3) is 0.636. The van der Waals surface area contributed by atoms with Gasteiger partial charge in [-0.15, -0.1) is 0 Å². The molecule has 0 aromatic rings. The average Bonchev–Trinajstić information content (AvgIpc) is 2.32. The lowest BCUT2D eigenvalue weighted by molar-refractivity contribution is -0.206. The van der Waals surface area contributed by atoms with Gasteiger partial charge in [0.25, 0.3) is 11.8 Å². The zero-order valence-electron chi connectivity index (χ0n) is 11.5. The molecule has 0 heterocycles. The number of rotatable bonds is 4. The third-order valence-corrected chi connectivity index (χ3v) is 1.99. The largest absolute Gasteiger partial charge is 0.343 e. The normalized spacial score (nSPS) is 9.47. The van der Waals surface area contributed by atoms with Crippen LogP contribution in [0.4, 0.5) is 0 Å². The molecule has 0 bridgehead atoms. The molecule has 0 spiro atoms. The van der Waals surface area contributed by atoms with Crippen molar-refractivity contribution in [2.45, 2.75) is 34.1 Å². The second-order valence-electron chi connectivity index (χ2n) is 3.53. The Kier molecular flexibility index (Phi) is 7.16. The summed E-state index contributed by atoms with van der Waals surface area (Å²) >= 11 is 0. The van der Waals surface area contributed by atoms with Crippen LogP contribution in [0.1, 0.15) is 34.1 Å². The molecule has 0 aliphatic heterocycles. The molecule has 0 rings (SSSR count). The standard InChI is InChI=1S/C11H18N2O6/c1-5-12(8(3)14)18-10(16)7-11(17)19-13(6-2)9(4)15/h5-7H2,1-4H3.